The second-order valence-electron chi connectivity index (χ2n) is 9.03. The number of nitrogens with one attached hydrogen (secondary N) is 2. The Balaban J connectivity index is 1.71. The summed E-state index contributed by atoms with van der Waals surface area (Å²) in [6.07, 6.45) is 11.4. The third kappa shape index (κ3) is 2.47. The van der Waals surface area contributed by atoms with Crippen molar-refractivity contribution in [1.29, 1.82) is 0 Å². The van der Waals surface area contributed by atoms with Gasteiger partial charge in [0, 0.05) is 18.4 Å². The molecule has 4 rings (SSSR count). The molecule has 142 valence electrons. The first kappa shape index (κ1) is 17.8. The van der Waals surface area contributed by atoms with Gasteiger partial charge in [-0.15, -0.1) is 0 Å². The molecule has 5 nitrogen and oxygen atoms in total. The molecule has 26 heavy (non-hydrogen) atoms. The van der Waals surface area contributed by atoms with E-state index < -0.39 is 5.54 Å². The fraction of sp³-hybridized carbons (Fsp3) is 0.714. The van der Waals surface area contributed by atoms with Gasteiger partial charge in [-0.2, -0.15) is 0 Å². The van der Waals surface area contributed by atoms with E-state index in [0.29, 0.717) is 5.92 Å². The summed E-state index contributed by atoms with van der Waals surface area (Å²) < 4.78 is 5.56. The van der Waals surface area contributed by atoms with Gasteiger partial charge in [0.05, 0.1) is 6.10 Å². The maximum atomic E-state index is 13.1. The van der Waals surface area contributed by atoms with Gasteiger partial charge in [0.15, 0.2) is 0 Å². The van der Waals surface area contributed by atoms with E-state index in [1.54, 1.807) is 7.11 Å². The van der Waals surface area contributed by atoms with Gasteiger partial charge in [-0.3, -0.25) is 10.1 Å². The molecule has 1 aliphatic heterocycles. The smallest absolute Gasteiger partial charge is 0.322 e. The molecule has 0 radical (unpaired) electrons. The average Bonchev–Trinajstić information content (AvgIpc) is 3.04. The van der Waals surface area contributed by atoms with Crippen LogP contribution in [0.1, 0.15) is 58.8 Å². The number of hydrogen-bond acceptors (Lipinski definition) is 3. The van der Waals surface area contributed by atoms with Crippen LogP contribution >= 0.6 is 0 Å². The predicted molar refractivity (Wildman–Crippen MR) is 99.4 cm³/mol. The highest BCUT2D eigenvalue weighted by Gasteiger charge is 2.69. The van der Waals surface area contributed by atoms with Crippen LogP contribution in [0, 0.1) is 17.3 Å². The Morgan fingerprint density at radius 2 is 1.96 bits per heavy atom. The van der Waals surface area contributed by atoms with Crippen LogP contribution in [0.25, 0.3) is 0 Å². The number of allylic oxidation sites excluding steroid dienone is 3. The van der Waals surface area contributed by atoms with Crippen molar-refractivity contribution in [1.82, 2.24) is 10.6 Å². The average molecular weight is 358 g/mol. The Labute approximate surface area is 155 Å². The predicted octanol–water partition coefficient (Wildman–Crippen LogP) is 3.46. The van der Waals surface area contributed by atoms with Gasteiger partial charge in [-0.1, -0.05) is 37.1 Å². The minimum atomic E-state index is -0.787. The Morgan fingerprint density at radius 3 is 2.54 bits per heavy atom. The van der Waals surface area contributed by atoms with E-state index in [1.165, 1.54) is 11.1 Å². The van der Waals surface area contributed by atoms with Crippen LogP contribution in [-0.4, -0.2) is 30.7 Å². The number of ether oxygens (including phenoxy) is 1. The highest BCUT2D eigenvalue weighted by atomic mass is 16.5. The standard InChI is InChI=1S/C21H30N2O3/c1-13(2)10-14-4-5-15-12-20(8-6-16(26-3)7-9-20)21(17(15)11-14)18(24)22-19(25)23-21/h4-5,13,16-17H,6-12H2,1-3H3,(H2,22,23,24,25)/t16-,17?,20-,21?. The third-order valence-corrected chi connectivity index (χ3v) is 7.14. The SMILES string of the molecule is CO[C@H]1CC[C@]2(CC1)CC1=CC=C(CC(C)C)CC1C21NC(=O)NC1=O. The minimum absolute atomic E-state index is 0.0896. The van der Waals surface area contributed by atoms with E-state index in [2.05, 4.69) is 36.6 Å². The van der Waals surface area contributed by atoms with E-state index in [-0.39, 0.29) is 29.4 Å². The Kier molecular flexibility index (Phi) is 4.25. The zero-order valence-corrected chi connectivity index (χ0v) is 16.1. The second kappa shape index (κ2) is 6.22. The fourth-order valence-corrected chi connectivity index (χ4v) is 6.03. The van der Waals surface area contributed by atoms with Crippen molar-refractivity contribution in [2.75, 3.05) is 7.11 Å². The summed E-state index contributed by atoms with van der Waals surface area (Å²) in [7, 11) is 1.77. The van der Waals surface area contributed by atoms with Crippen molar-refractivity contribution < 1.29 is 14.3 Å². The van der Waals surface area contributed by atoms with Crippen molar-refractivity contribution in [3.63, 3.8) is 0 Å². The Bertz CT molecular complexity index is 685. The molecule has 0 bridgehead atoms. The lowest BCUT2D eigenvalue weighted by Gasteiger charge is -2.47. The number of amides is 3. The molecule has 3 aliphatic carbocycles. The summed E-state index contributed by atoms with van der Waals surface area (Å²) in [6.45, 7) is 4.45. The number of rotatable bonds is 3. The number of methoxy groups -OCH3 is 1. The first-order valence-electron chi connectivity index (χ1n) is 9.95. The Morgan fingerprint density at radius 1 is 1.23 bits per heavy atom. The molecule has 3 fully saturated rings. The van der Waals surface area contributed by atoms with Gasteiger partial charge in [-0.25, -0.2) is 4.79 Å². The molecular formula is C21H30N2O3. The number of fused-ring (bicyclic) bond motifs is 3. The molecule has 2 saturated carbocycles. The van der Waals surface area contributed by atoms with E-state index in [4.69, 9.17) is 4.74 Å². The van der Waals surface area contributed by atoms with Gasteiger partial charge >= 0.3 is 6.03 Å². The van der Waals surface area contributed by atoms with Crippen LogP contribution in [0.5, 0.6) is 0 Å². The van der Waals surface area contributed by atoms with Crippen LogP contribution in [0.2, 0.25) is 0 Å². The second-order valence-corrected chi connectivity index (χ2v) is 9.03. The molecule has 0 aromatic rings. The van der Waals surface area contributed by atoms with E-state index >= 15 is 0 Å². The number of imide groups is 1. The van der Waals surface area contributed by atoms with E-state index in [1.807, 2.05) is 0 Å². The molecule has 5 heteroatoms. The summed E-state index contributed by atoms with van der Waals surface area (Å²) in [5, 5.41) is 5.71. The first-order chi connectivity index (χ1) is 12.4. The minimum Gasteiger partial charge on any atom is -0.381 e. The summed E-state index contributed by atoms with van der Waals surface area (Å²) in [5.41, 5.74) is 1.76. The zero-order chi connectivity index (χ0) is 18.5. The monoisotopic (exact) mass is 358 g/mol. The number of carbonyl (C=O) groups excluding carboxylic acids is 2. The van der Waals surface area contributed by atoms with Crippen LogP contribution in [0.15, 0.2) is 23.3 Å². The van der Waals surface area contributed by atoms with Crippen LogP contribution < -0.4 is 10.6 Å². The molecule has 4 aliphatic rings. The fourth-order valence-electron chi connectivity index (χ4n) is 6.03. The van der Waals surface area contributed by atoms with Gasteiger partial charge in [-0.05, 0) is 50.9 Å². The quantitative estimate of drug-likeness (QED) is 0.759. The topological polar surface area (TPSA) is 67.4 Å². The number of hydrogen-bond donors (Lipinski definition) is 2. The van der Waals surface area contributed by atoms with Crippen LogP contribution in [0.3, 0.4) is 0 Å². The molecule has 3 amide bonds. The molecule has 2 N–H and O–H groups in total. The molecule has 0 aromatic carbocycles. The largest absolute Gasteiger partial charge is 0.381 e. The van der Waals surface area contributed by atoms with Gasteiger partial charge < -0.3 is 10.1 Å². The molecule has 2 spiro atoms. The highest BCUT2D eigenvalue weighted by Crippen LogP contribution is 2.62. The summed E-state index contributed by atoms with van der Waals surface area (Å²) in [6, 6.07) is -0.329. The lowest BCUT2D eigenvalue weighted by atomic mass is 9.60. The first-order valence-corrected chi connectivity index (χ1v) is 9.95. The van der Waals surface area contributed by atoms with Crippen molar-refractivity contribution in [3.8, 4) is 0 Å². The molecule has 1 saturated heterocycles. The zero-order valence-electron chi connectivity index (χ0n) is 16.1. The lowest BCUT2D eigenvalue weighted by Crippen LogP contribution is -2.62. The van der Waals surface area contributed by atoms with Gasteiger partial charge in [0.2, 0.25) is 0 Å². The summed E-state index contributed by atoms with van der Waals surface area (Å²) in [4.78, 5) is 25.3. The van der Waals surface area contributed by atoms with E-state index in [0.717, 1.165) is 44.9 Å². The van der Waals surface area contributed by atoms with Crippen molar-refractivity contribution in [2.24, 2.45) is 17.3 Å². The van der Waals surface area contributed by atoms with Crippen molar-refractivity contribution in [3.05, 3.63) is 23.3 Å². The van der Waals surface area contributed by atoms with Crippen molar-refractivity contribution in [2.45, 2.75) is 70.4 Å². The van der Waals surface area contributed by atoms with Crippen LogP contribution in [0.4, 0.5) is 4.79 Å². The molecule has 0 aromatic heterocycles. The molecular weight excluding hydrogens is 328 g/mol. The normalized spacial score (nSPS) is 39.1. The summed E-state index contributed by atoms with van der Waals surface area (Å²) >= 11 is 0. The molecule has 2 atom stereocenters. The number of carbonyl (C=O) groups is 2. The maximum absolute atomic E-state index is 13.1. The lowest BCUT2D eigenvalue weighted by molar-refractivity contribution is -0.132. The Hall–Kier alpha value is -1.62. The summed E-state index contributed by atoms with van der Waals surface area (Å²) in [5.74, 6) is 0.566. The molecule has 2 unspecified atom stereocenters. The third-order valence-electron chi connectivity index (χ3n) is 7.14. The van der Waals surface area contributed by atoms with E-state index in [9.17, 15) is 9.59 Å². The number of urea groups is 1. The molecule has 1 heterocycles. The van der Waals surface area contributed by atoms with Gasteiger partial charge in [0.25, 0.3) is 5.91 Å². The maximum Gasteiger partial charge on any atom is 0.322 e. The van der Waals surface area contributed by atoms with Crippen molar-refractivity contribution >= 4 is 11.9 Å². The van der Waals surface area contributed by atoms with Gasteiger partial charge in [0.1, 0.15) is 5.54 Å². The van der Waals surface area contributed by atoms with Crippen LogP contribution in [-0.2, 0) is 9.53 Å². The highest BCUT2D eigenvalue weighted by molar-refractivity contribution is 6.08.